The molecule has 0 aliphatic heterocycles. The standard InChI is InChI=1S/C20H20SSi/c1-17(21)22(18-11-5-2-6-12-18,19-13-7-3-8-14-19)20-15-9-4-10-16-20/h2-17,21H,1H3. The fraction of sp³-hybridized carbons (Fsp3) is 0.100. The monoisotopic (exact) mass is 320 g/mol. The van der Waals surface area contributed by atoms with Crippen LogP contribution in [0.15, 0.2) is 91.0 Å². The molecule has 22 heavy (non-hydrogen) atoms. The third-order valence-electron chi connectivity index (χ3n) is 4.31. The highest BCUT2D eigenvalue weighted by atomic mass is 32.1. The Morgan fingerprint density at radius 1 is 0.591 bits per heavy atom. The maximum atomic E-state index is 4.97. The van der Waals surface area contributed by atoms with Gasteiger partial charge in [0.15, 0.2) is 8.07 Å². The molecule has 0 aromatic heterocycles. The molecule has 0 spiro atoms. The van der Waals surface area contributed by atoms with Gasteiger partial charge in [-0.2, -0.15) is 12.6 Å². The number of rotatable bonds is 4. The van der Waals surface area contributed by atoms with Crippen LogP contribution in [0.5, 0.6) is 0 Å². The van der Waals surface area contributed by atoms with Crippen LogP contribution in [0.3, 0.4) is 0 Å². The van der Waals surface area contributed by atoms with E-state index in [1.165, 1.54) is 15.6 Å². The van der Waals surface area contributed by atoms with Gasteiger partial charge in [0.25, 0.3) is 0 Å². The maximum absolute atomic E-state index is 4.97. The Bertz CT molecular complexity index is 612. The van der Waals surface area contributed by atoms with Crippen molar-refractivity contribution in [3.05, 3.63) is 91.0 Å². The first-order valence-corrected chi connectivity index (χ1v) is 10.2. The molecule has 0 aliphatic carbocycles. The van der Waals surface area contributed by atoms with Crippen molar-refractivity contribution in [2.45, 2.75) is 11.8 Å². The van der Waals surface area contributed by atoms with Gasteiger partial charge in [-0.3, -0.25) is 0 Å². The number of thiol groups is 1. The summed E-state index contributed by atoms with van der Waals surface area (Å²) in [5.74, 6) is 0. The average molecular weight is 321 g/mol. The summed E-state index contributed by atoms with van der Waals surface area (Å²) in [5, 5.41) is 4.24. The van der Waals surface area contributed by atoms with Gasteiger partial charge in [0, 0.05) is 4.87 Å². The molecule has 3 aromatic rings. The lowest BCUT2D eigenvalue weighted by Crippen LogP contribution is -2.72. The third-order valence-corrected chi connectivity index (χ3v) is 10.5. The minimum atomic E-state index is -2.14. The minimum Gasteiger partial charge on any atom is -0.178 e. The summed E-state index contributed by atoms with van der Waals surface area (Å²) in [5.41, 5.74) is 0. The van der Waals surface area contributed by atoms with Crippen molar-refractivity contribution in [3.63, 3.8) is 0 Å². The Morgan fingerprint density at radius 3 is 1.09 bits per heavy atom. The molecule has 0 heterocycles. The molecule has 2 heteroatoms. The lowest BCUT2D eigenvalue weighted by atomic mass is 10.3. The Labute approximate surface area is 139 Å². The first-order valence-electron chi connectivity index (χ1n) is 7.61. The van der Waals surface area contributed by atoms with E-state index in [1.807, 2.05) is 0 Å². The molecule has 3 rings (SSSR count). The zero-order valence-electron chi connectivity index (χ0n) is 12.7. The van der Waals surface area contributed by atoms with Crippen LogP contribution < -0.4 is 15.6 Å². The average Bonchev–Trinajstić information content (AvgIpc) is 2.58. The van der Waals surface area contributed by atoms with Crippen molar-refractivity contribution in [3.8, 4) is 0 Å². The summed E-state index contributed by atoms with van der Waals surface area (Å²) in [7, 11) is -2.14. The summed E-state index contributed by atoms with van der Waals surface area (Å²) in [6.45, 7) is 2.24. The predicted molar refractivity (Wildman–Crippen MR) is 102 cm³/mol. The topological polar surface area (TPSA) is 0 Å². The third kappa shape index (κ3) is 2.53. The molecule has 3 aromatic carbocycles. The van der Waals surface area contributed by atoms with Crippen molar-refractivity contribution < 1.29 is 0 Å². The second-order valence-corrected chi connectivity index (χ2v) is 11.1. The molecule has 0 N–H and O–H groups in total. The summed E-state index contributed by atoms with van der Waals surface area (Å²) >= 11 is 4.97. The van der Waals surface area contributed by atoms with Gasteiger partial charge in [-0.15, -0.1) is 0 Å². The molecule has 0 radical (unpaired) electrons. The van der Waals surface area contributed by atoms with Gasteiger partial charge >= 0.3 is 0 Å². The largest absolute Gasteiger partial charge is 0.178 e. The van der Waals surface area contributed by atoms with Gasteiger partial charge < -0.3 is 0 Å². The van der Waals surface area contributed by atoms with Crippen LogP contribution in [-0.4, -0.2) is 12.9 Å². The van der Waals surface area contributed by atoms with Gasteiger partial charge in [0.1, 0.15) is 0 Å². The molecule has 1 unspecified atom stereocenters. The van der Waals surface area contributed by atoms with E-state index in [1.54, 1.807) is 0 Å². The van der Waals surface area contributed by atoms with E-state index in [0.29, 0.717) is 0 Å². The van der Waals surface area contributed by atoms with Crippen molar-refractivity contribution in [2.75, 3.05) is 0 Å². The van der Waals surface area contributed by atoms with Gasteiger partial charge in [-0.05, 0) is 15.6 Å². The van der Waals surface area contributed by atoms with Crippen LogP contribution in [0.1, 0.15) is 6.92 Å². The van der Waals surface area contributed by atoms with E-state index in [9.17, 15) is 0 Å². The highest BCUT2D eigenvalue weighted by Gasteiger charge is 2.42. The second kappa shape index (κ2) is 6.55. The molecule has 0 bridgehead atoms. The fourth-order valence-electron chi connectivity index (χ4n) is 3.33. The molecule has 0 saturated heterocycles. The van der Waals surface area contributed by atoms with E-state index >= 15 is 0 Å². The van der Waals surface area contributed by atoms with Gasteiger partial charge in [0.2, 0.25) is 0 Å². The number of hydrogen-bond acceptors (Lipinski definition) is 1. The molecule has 1 atom stereocenters. The quantitative estimate of drug-likeness (QED) is 0.426. The SMILES string of the molecule is CC(S)[Si](c1ccccc1)(c1ccccc1)c1ccccc1. The van der Waals surface area contributed by atoms with Crippen LogP contribution in [0, 0.1) is 0 Å². The van der Waals surface area contributed by atoms with E-state index in [-0.39, 0.29) is 4.87 Å². The molecule has 0 saturated carbocycles. The van der Waals surface area contributed by atoms with Gasteiger partial charge in [-0.25, -0.2) is 0 Å². The van der Waals surface area contributed by atoms with E-state index in [0.717, 1.165) is 0 Å². The van der Waals surface area contributed by atoms with Gasteiger partial charge in [-0.1, -0.05) is 97.9 Å². The highest BCUT2D eigenvalue weighted by Crippen LogP contribution is 2.16. The highest BCUT2D eigenvalue weighted by molar-refractivity contribution is 7.84. The van der Waals surface area contributed by atoms with Crippen LogP contribution in [0.25, 0.3) is 0 Å². The number of benzene rings is 3. The maximum Gasteiger partial charge on any atom is 0.160 e. The van der Waals surface area contributed by atoms with Crippen LogP contribution in [0.4, 0.5) is 0 Å². The Balaban J connectivity index is 2.34. The molecule has 0 fully saturated rings. The zero-order chi connectivity index (χ0) is 15.4. The first kappa shape index (κ1) is 15.1. The summed E-state index contributed by atoms with van der Waals surface area (Å²) in [6, 6.07) is 32.7. The Morgan fingerprint density at radius 2 is 0.864 bits per heavy atom. The predicted octanol–water partition coefficient (Wildman–Crippen LogP) is 3.01. The van der Waals surface area contributed by atoms with E-state index in [2.05, 4.69) is 97.9 Å². The van der Waals surface area contributed by atoms with E-state index in [4.69, 9.17) is 12.6 Å². The van der Waals surface area contributed by atoms with Gasteiger partial charge in [0.05, 0.1) is 0 Å². The molecule has 0 nitrogen and oxygen atoms in total. The fourth-order valence-corrected chi connectivity index (χ4v) is 9.27. The lowest BCUT2D eigenvalue weighted by molar-refractivity contribution is 1.35. The smallest absolute Gasteiger partial charge is 0.160 e. The lowest BCUT2D eigenvalue weighted by Gasteiger charge is -2.36. The van der Waals surface area contributed by atoms with Crippen LogP contribution >= 0.6 is 12.6 Å². The van der Waals surface area contributed by atoms with Crippen molar-refractivity contribution >= 4 is 36.3 Å². The zero-order valence-corrected chi connectivity index (χ0v) is 14.6. The van der Waals surface area contributed by atoms with Crippen LogP contribution in [-0.2, 0) is 0 Å². The Hall–Kier alpha value is -1.77. The Kier molecular flexibility index (Phi) is 4.51. The van der Waals surface area contributed by atoms with Crippen molar-refractivity contribution in [2.24, 2.45) is 0 Å². The van der Waals surface area contributed by atoms with E-state index < -0.39 is 8.07 Å². The molecule has 0 aliphatic rings. The first-order chi connectivity index (χ1) is 10.8. The summed E-state index contributed by atoms with van der Waals surface area (Å²) in [6.07, 6.45) is 0. The second-order valence-electron chi connectivity index (χ2n) is 5.58. The van der Waals surface area contributed by atoms with Crippen molar-refractivity contribution in [1.29, 1.82) is 0 Å². The van der Waals surface area contributed by atoms with Crippen molar-refractivity contribution in [1.82, 2.24) is 0 Å². The summed E-state index contributed by atoms with van der Waals surface area (Å²) < 4.78 is 0. The molecule has 110 valence electrons. The minimum absolute atomic E-state index is 0.278. The number of hydrogen-bond donors (Lipinski definition) is 1. The molecular weight excluding hydrogens is 300 g/mol. The van der Waals surface area contributed by atoms with Crippen LogP contribution in [0.2, 0.25) is 0 Å². The summed E-state index contributed by atoms with van der Waals surface area (Å²) in [4.78, 5) is 0.278. The molecule has 0 amide bonds. The normalized spacial score (nSPS) is 12.8. The molecular formula is C20H20SSi.